The Bertz CT molecular complexity index is 1580. The van der Waals surface area contributed by atoms with Gasteiger partial charge in [-0.3, -0.25) is 0 Å². The molecular formula is C29H28BrClN6O. The van der Waals surface area contributed by atoms with Crippen molar-refractivity contribution in [3.8, 4) is 5.75 Å². The highest BCUT2D eigenvalue weighted by Gasteiger charge is 2.14. The van der Waals surface area contributed by atoms with Gasteiger partial charge in [-0.25, -0.2) is 5.43 Å². The predicted octanol–water partition coefficient (Wildman–Crippen LogP) is 8.00. The van der Waals surface area contributed by atoms with Crippen molar-refractivity contribution in [3.63, 3.8) is 0 Å². The average molecular weight is 592 g/mol. The zero-order valence-electron chi connectivity index (χ0n) is 21.1. The Morgan fingerprint density at radius 1 is 1.03 bits per heavy atom. The third-order valence-corrected chi connectivity index (χ3v) is 7.15. The molecule has 2 aromatic heterocycles. The maximum absolute atomic E-state index is 6.28. The topological polar surface area (TPSA) is 77.2 Å². The number of anilines is 1. The van der Waals surface area contributed by atoms with Crippen molar-refractivity contribution >= 4 is 61.8 Å². The predicted molar refractivity (Wildman–Crippen MR) is 158 cm³/mol. The number of aromatic nitrogens is 4. The van der Waals surface area contributed by atoms with E-state index in [2.05, 4.69) is 60.3 Å². The van der Waals surface area contributed by atoms with Crippen molar-refractivity contribution in [2.75, 3.05) is 5.43 Å². The first kappa shape index (κ1) is 26.1. The first-order chi connectivity index (χ1) is 18.6. The molecule has 0 saturated carbocycles. The lowest BCUT2D eigenvalue weighted by atomic mass is 10.2. The highest BCUT2D eigenvalue weighted by atomic mass is 79.9. The van der Waals surface area contributed by atoms with E-state index < -0.39 is 0 Å². The van der Waals surface area contributed by atoms with Gasteiger partial charge in [0.25, 0.3) is 5.95 Å². The smallest absolute Gasteiger partial charge is 0.265 e. The van der Waals surface area contributed by atoms with E-state index in [1.807, 2.05) is 54.6 Å². The molecular weight excluding hydrogens is 564 g/mol. The maximum Gasteiger partial charge on any atom is 0.265 e. The van der Waals surface area contributed by atoms with Crippen LogP contribution in [0.15, 0.2) is 76.3 Å². The van der Waals surface area contributed by atoms with Crippen molar-refractivity contribution in [2.45, 2.75) is 45.8 Å². The summed E-state index contributed by atoms with van der Waals surface area (Å²) in [5.74, 6) is 1.01. The molecule has 0 aliphatic carbocycles. The van der Waals surface area contributed by atoms with E-state index >= 15 is 0 Å². The second-order valence-corrected chi connectivity index (χ2v) is 10.3. The van der Waals surface area contributed by atoms with Gasteiger partial charge >= 0.3 is 0 Å². The molecule has 0 amide bonds. The van der Waals surface area contributed by atoms with Crippen LogP contribution in [-0.4, -0.2) is 26.0 Å². The van der Waals surface area contributed by atoms with Gasteiger partial charge in [0.05, 0.1) is 11.7 Å². The summed E-state index contributed by atoms with van der Waals surface area (Å²) in [7, 11) is 0. The summed E-state index contributed by atoms with van der Waals surface area (Å²) in [6, 6.07) is 21.6. The van der Waals surface area contributed by atoms with Gasteiger partial charge in [0.1, 0.15) is 17.9 Å². The molecule has 194 valence electrons. The number of fused-ring (bicyclic) bond motifs is 3. The number of nitrogens with one attached hydrogen (secondary N) is 1. The zero-order valence-corrected chi connectivity index (χ0v) is 23.4. The average Bonchev–Trinajstić information content (AvgIpc) is 3.24. The number of ether oxygens (including phenoxy) is 1. The summed E-state index contributed by atoms with van der Waals surface area (Å²) in [4.78, 5) is 4.78. The van der Waals surface area contributed by atoms with Crippen LogP contribution in [0.2, 0.25) is 5.02 Å². The maximum atomic E-state index is 6.28. The van der Waals surface area contributed by atoms with Crippen molar-refractivity contribution < 1.29 is 4.74 Å². The Hall–Kier alpha value is -3.49. The number of hydrogen-bond donors (Lipinski definition) is 1. The third kappa shape index (κ3) is 5.97. The van der Waals surface area contributed by atoms with Crippen LogP contribution in [0, 0.1) is 0 Å². The number of rotatable bonds is 11. The number of hydrazone groups is 1. The molecule has 0 aliphatic heterocycles. The molecule has 5 rings (SSSR count). The lowest BCUT2D eigenvalue weighted by Crippen LogP contribution is -2.04. The molecule has 2 heterocycles. The van der Waals surface area contributed by atoms with Crippen LogP contribution in [0.4, 0.5) is 5.95 Å². The van der Waals surface area contributed by atoms with Crippen LogP contribution in [0.25, 0.3) is 22.1 Å². The van der Waals surface area contributed by atoms with E-state index in [1.165, 1.54) is 19.3 Å². The minimum absolute atomic E-state index is 0.333. The van der Waals surface area contributed by atoms with Crippen molar-refractivity contribution in [3.05, 3.63) is 87.4 Å². The first-order valence-electron chi connectivity index (χ1n) is 12.7. The molecule has 7 nitrogen and oxygen atoms in total. The molecule has 0 aliphatic rings. The number of nitrogens with zero attached hydrogens (tertiary/aromatic N) is 5. The highest BCUT2D eigenvalue weighted by molar-refractivity contribution is 9.10. The van der Waals surface area contributed by atoms with Crippen molar-refractivity contribution in [1.29, 1.82) is 0 Å². The summed E-state index contributed by atoms with van der Waals surface area (Å²) in [6.45, 7) is 3.45. The molecule has 1 N–H and O–H groups in total. The fourth-order valence-corrected chi connectivity index (χ4v) is 4.93. The fourth-order valence-electron chi connectivity index (χ4n) is 4.36. The summed E-state index contributed by atoms with van der Waals surface area (Å²) in [5, 5.41) is 14.9. The van der Waals surface area contributed by atoms with Crippen LogP contribution in [-0.2, 0) is 13.2 Å². The van der Waals surface area contributed by atoms with Gasteiger partial charge in [0.15, 0.2) is 5.65 Å². The van der Waals surface area contributed by atoms with Crippen LogP contribution in [0.5, 0.6) is 5.75 Å². The largest absolute Gasteiger partial charge is 0.488 e. The van der Waals surface area contributed by atoms with Crippen molar-refractivity contribution in [1.82, 2.24) is 19.7 Å². The Kier molecular flexibility index (Phi) is 8.51. The number of benzene rings is 3. The van der Waals surface area contributed by atoms with Gasteiger partial charge in [-0.1, -0.05) is 90.1 Å². The van der Waals surface area contributed by atoms with E-state index in [4.69, 9.17) is 21.3 Å². The third-order valence-electron chi connectivity index (χ3n) is 6.29. The summed E-state index contributed by atoms with van der Waals surface area (Å²) < 4.78 is 9.20. The van der Waals surface area contributed by atoms with Gasteiger partial charge < -0.3 is 9.30 Å². The van der Waals surface area contributed by atoms with Crippen LogP contribution < -0.4 is 10.2 Å². The normalized spacial score (nSPS) is 11.6. The second kappa shape index (κ2) is 12.4. The molecule has 0 saturated heterocycles. The fraction of sp³-hybridized carbons (Fsp3) is 0.241. The molecule has 0 radical (unpaired) electrons. The molecule has 0 bridgehead atoms. The zero-order chi connectivity index (χ0) is 26.3. The molecule has 0 atom stereocenters. The Labute approximate surface area is 235 Å². The van der Waals surface area contributed by atoms with Gasteiger partial charge in [0, 0.05) is 32.6 Å². The van der Waals surface area contributed by atoms with E-state index in [9.17, 15) is 0 Å². The van der Waals surface area contributed by atoms with Gasteiger partial charge in [-0.2, -0.15) is 10.1 Å². The van der Waals surface area contributed by atoms with E-state index in [1.54, 1.807) is 6.21 Å². The Balaban J connectivity index is 1.36. The van der Waals surface area contributed by atoms with Crippen LogP contribution in [0.1, 0.15) is 43.7 Å². The molecule has 0 fully saturated rings. The minimum Gasteiger partial charge on any atom is -0.488 e. The lowest BCUT2D eigenvalue weighted by Gasteiger charge is -2.10. The quantitative estimate of drug-likeness (QED) is 0.0957. The van der Waals surface area contributed by atoms with E-state index in [-0.39, 0.29) is 0 Å². The SMILES string of the molecule is CCCCCCn1c2ccccc2c2nnc(N/N=C/c3cc(Br)ccc3OCc3ccccc3Cl)nc21. The van der Waals surface area contributed by atoms with Crippen molar-refractivity contribution in [2.24, 2.45) is 5.10 Å². The summed E-state index contributed by atoms with van der Waals surface area (Å²) in [6.07, 6.45) is 6.39. The monoisotopic (exact) mass is 590 g/mol. The van der Waals surface area contributed by atoms with Crippen LogP contribution in [0.3, 0.4) is 0 Å². The Morgan fingerprint density at radius 3 is 2.74 bits per heavy atom. The standard InChI is InChI=1S/C29H28BrClN6O/c1-2-3-4-9-16-37-25-13-8-6-11-23(25)27-28(37)33-29(36-34-27)35-32-18-21-17-22(30)14-15-26(21)38-19-20-10-5-7-12-24(20)31/h5-8,10-15,17-18H,2-4,9,16,19H2,1H3,(H,33,35,36)/b32-18+. The molecule has 38 heavy (non-hydrogen) atoms. The van der Waals surface area contributed by atoms with E-state index in [0.29, 0.717) is 23.3 Å². The molecule has 0 unspecified atom stereocenters. The Morgan fingerprint density at radius 2 is 1.87 bits per heavy atom. The first-order valence-corrected chi connectivity index (χ1v) is 13.9. The molecule has 5 aromatic rings. The van der Waals surface area contributed by atoms with Gasteiger partial charge in [-0.05, 0) is 36.8 Å². The van der Waals surface area contributed by atoms with Gasteiger partial charge in [0.2, 0.25) is 0 Å². The number of para-hydroxylation sites is 1. The van der Waals surface area contributed by atoms with E-state index in [0.717, 1.165) is 50.6 Å². The summed E-state index contributed by atoms with van der Waals surface area (Å²) >= 11 is 9.81. The number of halogens is 2. The number of hydrogen-bond acceptors (Lipinski definition) is 6. The number of unbranched alkanes of at least 4 members (excludes halogenated alkanes) is 3. The summed E-state index contributed by atoms with van der Waals surface area (Å²) in [5.41, 5.74) is 7.37. The number of aryl methyl sites for hydroxylation is 1. The molecule has 9 heteroatoms. The molecule has 0 spiro atoms. The second-order valence-electron chi connectivity index (χ2n) is 8.97. The molecule has 3 aromatic carbocycles. The minimum atomic E-state index is 0.333. The van der Waals surface area contributed by atoms with Crippen LogP contribution >= 0.6 is 27.5 Å². The highest BCUT2D eigenvalue weighted by Crippen LogP contribution is 2.27. The van der Waals surface area contributed by atoms with Gasteiger partial charge in [-0.15, -0.1) is 10.2 Å². The lowest BCUT2D eigenvalue weighted by molar-refractivity contribution is 0.306.